The van der Waals surface area contributed by atoms with Crippen LogP contribution in [0.5, 0.6) is 5.75 Å². The minimum atomic E-state index is -1.61. The van der Waals surface area contributed by atoms with Crippen molar-refractivity contribution in [3.05, 3.63) is 64.7 Å². The number of amides is 6. The molecule has 0 aliphatic carbocycles. The molecule has 0 aromatic heterocycles. The lowest BCUT2D eigenvalue weighted by Gasteiger charge is -2.39. The summed E-state index contributed by atoms with van der Waals surface area (Å²) >= 11 is 0. The van der Waals surface area contributed by atoms with Gasteiger partial charge in [-0.15, -0.1) is 0 Å². The minimum Gasteiger partial charge on any atom is -0.496 e. The third-order valence-electron chi connectivity index (χ3n) is 11.9. The Labute approximate surface area is 347 Å². The monoisotopic (exact) mass is 836 g/mol. The number of cyclic esters (lactones) is 1. The van der Waals surface area contributed by atoms with Gasteiger partial charge < -0.3 is 40.1 Å². The lowest BCUT2D eigenvalue weighted by atomic mass is 9.99. The van der Waals surface area contributed by atoms with E-state index in [0.717, 1.165) is 17.7 Å². The van der Waals surface area contributed by atoms with Gasteiger partial charge in [0.2, 0.25) is 35.4 Å². The van der Waals surface area contributed by atoms with Crippen molar-refractivity contribution in [1.82, 2.24) is 30.7 Å². The van der Waals surface area contributed by atoms with Crippen molar-refractivity contribution in [2.75, 3.05) is 26.7 Å². The van der Waals surface area contributed by atoms with Gasteiger partial charge in [-0.2, -0.15) is 0 Å². The van der Waals surface area contributed by atoms with Crippen LogP contribution in [0.4, 0.5) is 8.78 Å². The number of nitrogens with zero attached hydrogens (tertiary/aromatic N) is 3. The number of carbonyl (C=O) groups excluding carboxylic acids is 7. The predicted octanol–water partition coefficient (Wildman–Crippen LogP) is 2.10. The molecular weight excluding hydrogens is 783 g/mol. The van der Waals surface area contributed by atoms with E-state index in [2.05, 4.69) is 16.0 Å². The van der Waals surface area contributed by atoms with Crippen molar-refractivity contribution in [1.29, 1.82) is 0 Å². The van der Waals surface area contributed by atoms with Crippen LogP contribution in [0.25, 0.3) is 0 Å². The molecule has 2 aromatic rings. The third kappa shape index (κ3) is 9.87. The summed E-state index contributed by atoms with van der Waals surface area (Å²) in [6.07, 6.45) is 0.657. The van der Waals surface area contributed by atoms with Gasteiger partial charge >= 0.3 is 5.97 Å². The Morgan fingerprint density at radius 2 is 1.53 bits per heavy atom. The number of methoxy groups -OCH3 is 1. The number of halogens is 2. The number of carbonyl (C=O) groups is 7. The van der Waals surface area contributed by atoms with Crippen LogP contribution >= 0.6 is 0 Å². The van der Waals surface area contributed by atoms with Crippen LogP contribution in [0.2, 0.25) is 0 Å². The molecule has 324 valence electrons. The number of fused-ring (bicyclic) bond motifs is 3. The summed E-state index contributed by atoms with van der Waals surface area (Å²) in [5.41, 5.74) is 1.40. The minimum absolute atomic E-state index is 0.0386. The van der Waals surface area contributed by atoms with Gasteiger partial charge in [-0.3, -0.25) is 28.8 Å². The van der Waals surface area contributed by atoms with E-state index in [1.54, 1.807) is 25.1 Å². The molecule has 3 N–H and O–H groups in total. The van der Waals surface area contributed by atoms with Crippen LogP contribution in [0.1, 0.15) is 76.0 Å². The maximum atomic E-state index is 14.7. The highest BCUT2D eigenvalue weighted by Gasteiger charge is 2.47. The smallest absolute Gasteiger partial charge is 0.329 e. The van der Waals surface area contributed by atoms with Crippen LogP contribution < -0.4 is 20.7 Å². The highest BCUT2D eigenvalue weighted by Crippen LogP contribution is 2.29. The SMILES string of the molecule is COc1ccc(CC(=O)N[C@@H](Cc2cc(F)cc(F)c2)C(=O)N[C@@H]2C(=O)N3CCC[C@H]3C(=O)N3CCCC[C@H]3C(=O)N[C@@H](C)C(=O)N3C[C@H](C)C[C@H]3C(=O)O[C@H]2C)cc1C. The zero-order valence-electron chi connectivity index (χ0n) is 34.6. The molecule has 4 aliphatic heterocycles. The number of esters is 1. The fraction of sp³-hybridized carbons (Fsp3) is 0.558. The number of nitrogens with one attached hydrogen (secondary N) is 3. The van der Waals surface area contributed by atoms with Crippen molar-refractivity contribution in [3.63, 3.8) is 0 Å². The highest BCUT2D eigenvalue weighted by atomic mass is 19.1. The molecule has 6 amide bonds. The third-order valence-corrected chi connectivity index (χ3v) is 11.9. The van der Waals surface area contributed by atoms with E-state index in [9.17, 15) is 42.3 Å². The van der Waals surface area contributed by atoms with E-state index in [4.69, 9.17) is 9.47 Å². The molecular formula is C43H54F2N6O9. The fourth-order valence-electron chi connectivity index (χ4n) is 8.88. The average Bonchev–Trinajstić information content (AvgIpc) is 3.85. The van der Waals surface area contributed by atoms with E-state index in [1.165, 1.54) is 35.7 Å². The molecule has 0 spiro atoms. The number of hydrogen-bond donors (Lipinski definition) is 3. The molecule has 4 heterocycles. The molecule has 15 nitrogen and oxygen atoms in total. The number of hydrogen-bond acceptors (Lipinski definition) is 9. The first-order valence-electron chi connectivity index (χ1n) is 20.6. The van der Waals surface area contributed by atoms with Crippen LogP contribution in [0, 0.1) is 24.5 Å². The number of piperidine rings is 1. The van der Waals surface area contributed by atoms with Crippen molar-refractivity contribution >= 4 is 41.4 Å². The molecule has 4 fully saturated rings. The second kappa shape index (κ2) is 18.8. The molecule has 4 saturated heterocycles. The van der Waals surface area contributed by atoms with E-state index in [0.29, 0.717) is 43.1 Å². The van der Waals surface area contributed by atoms with Gasteiger partial charge in [0, 0.05) is 32.1 Å². The summed E-state index contributed by atoms with van der Waals surface area (Å²) in [5.74, 6) is -5.91. The van der Waals surface area contributed by atoms with Crippen LogP contribution in [0.3, 0.4) is 0 Å². The Morgan fingerprint density at radius 1 is 0.850 bits per heavy atom. The quantitative estimate of drug-likeness (QED) is 0.336. The van der Waals surface area contributed by atoms with Crippen LogP contribution in [0.15, 0.2) is 36.4 Å². The van der Waals surface area contributed by atoms with Crippen molar-refractivity contribution < 1.29 is 51.8 Å². The van der Waals surface area contributed by atoms with Gasteiger partial charge in [0.25, 0.3) is 0 Å². The maximum absolute atomic E-state index is 14.7. The summed E-state index contributed by atoms with van der Waals surface area (Å²) in [4.78, 5) is 103. The number of benzene rings is 2. The first kappa shape index (κ1) is 44.0. The van der Waals surface area contributed by atoms with Gasteiger partial charge in [0.1, 0.15) is 59.7 Å². The van der Waals surface area contributed by atoms with E-state index >= 15 is 0 Å². The van der Waals surface area contributed by atoms with Crippen LogP contribution in [-0.4, -0.2) is 125 Å². The average molecular weight is 837 g/mol. The molecule has 17 heteroatoms. The van der Waals surface area contributed by atoms with E-state index in [1.807, 2.05) is 6.92 Å². The largest absolute Gasteiger partial charge is 0.496 e. The Morgan fingerprint density at radius 3 is 2.23 bits per heavy atom. The van der Waals surface area contributed by atoms with Gasteiger partial charge in [0.05, 0.1) is 13.5 Å². The standard InChI is InChI=1S/C43H54F2N6O9/c1-23-15-34-43(58)60-26(4)37(42(57)50-14-8-10-33(50)41(56)49-13-7-6-9-32(49)39(54)46-25(3)40(55)51(34)22-23)48-38(53)31(19-28-17-29(44)21-30(45)18-28)47-36(52)20-27-11-12-35(59-5)24(2)16-27/h11-12,16-18,21,23,25-26,31-34,37H,6-10,13-15,19-20,22H2,1-5H3,(H,46,54)(H,47,52)(H,48,53)/t23-,25+,26+,31+,32+,33+,34+,37+/m1/s1. The number of ether oxygens (including phenoxy) is 2. The molecule has 0 unspecified atom stereocenters. The Hall–Kier alpha value is -5.61. The summed E-state index contributed by atoms with van der Waals surface area (Å²) in [6.45, 7) is 7.19. The molecule has 6 rings (SSSR count). The molecule has 8 atom stereocenters. The first-order valence-corrected chi connectivity index (χ1v) is 20.6. The van der Waals surface area contributed by atoms with Crippen molar-refractivity contribution in [2.24, 2.45) is 5.92 Å². The summed E-state index contributed by atoms with van der Waals surface area (Å²) in [5, 5.41) is 8.09. The van der Waals surface area contributed by atoms with Gasteiger partial charge in [-0.1, -0.05) is 19.1 Å². The van der Waals surface area contributed by atoms with Gasteiger partial charge in [0.15, 0.2) is 0 Å². The first-order chi connectivity index (χ1) is 28.5. The number of rotatable bonds is 8. The zero-order valence-corrected chi connectivity index (χ0v) is 34.6. The molecule has 0 radical (unpaired) electrons. The molecule has 2 aromatic carbocycles. The molecule has 0 bridgehead atoms. The van der Waals surface area contributed by atoms with E-state index < -0.39 is 95.4 Å². The van der Waals surface area contributed by atoms with E-state index in [-0.39, 0.29) is 56.8 Å². The summed E-state index contributed by atoms with van der Waals surface area (Å²) in [7, 11) is 1.52. The Bertz CT molecular complexity index is 2000. The Kier molecular flexibility index (Phi) is 13.7. The van der Waals surface area contributed by atoms with Crippen molar-refractivity contribution in [2.45, 2.75) is 121 Å². The predicted molar refractivity (Wildman–Crippen MR) is 212 cm³/mol. The van der Waals surface area contributed by atoms with Gasteiger partial charge in [-0.25, -0.2) is 13.6 Å². The number of aryl methyl sites for hydroxylation is 1. The van der Waals surface area contributed by atoms with Gasteiger partial charge in [-0.05, 0) is 100 Å². The molecule has 0 saturated carbocycles. The lowest BCUT2D eigenvalue weighted by molar-refractivity contribution is -0.163. The maximum Gasteiger partial charge on any atom is 0.329 e. The topological polar surface area (TPSA) is 184 Å². The second-order valence-electron chi connectivity index (χ2n) is 16.5. The lowest BCUT2D eigenvalue weighted by Crippen LogP contribution is -2.63. The summed E-state index contributed by atoms with van der Waals surface area (Å²) in [6, 6.07) is 0.765. The second-order valence-corrected chi connectivity index (χ2v) is 16.5. The Balaban J connectivity index is 1.34. The summed E-state index contributed by atoms with van der Waals surface area (Å²) < 4.78 is 40.0. The normalized spacial score (nSPS) is 27.0. The zero-order chi connectivity index (χ0) is 43.4. The molecule has 60 heavy (non-hydrogen) atoms. The van der Waals surface area contributed by atoms with Crippen LogP contribution in [-0.2, 0) is 51.1 Å². The van der Waals surface area contributed by atoms with Crippen molar-refractivity contribution in [3.8, 4) is 5.75 Å². The molecule has 4 aliphatic rings. The fourth-order valence-corrected chi connectivity index (χ4v) is 8.88. The highest BCUT2D eigenvalue weighted by molar-refractivity contribution is 5.98.